The zero-order valence-electron chi connectivity index (χ0n) is 25.0. The number of anilines is 1. The number of rotatable bonds is 16. The van der Waals surface area contributed by atoms with Gasteiger partial charge in [0.2, 0.25) is 5.91 Å². The minimum Gasteiger partial charge on any atom is -0.385 e. The van der Waals surface area contributed by atoms with Crippen LogP contribution < -0.4 is 16.0 Å². The van der Waals surface area contributed by atoms with Crippen molar-refractivity contribution >= 4 is 30.1 Å². The molecule has 0 aromatic heterocycles. The number of carbonyl (C=O) groups is 4. The summed E-state index contributed by atoms with van der Waals surface area (Å²) in [6.07, 6.45) is 13.1. The van der Waals surface area contributed by atoms with Gasteiger partial charge in [-0.05, 0) is 101 Å². The lowest BCUT2D eigenvalue weighted by Gasteiger charge is -2.47. The molecule has 0 heterocycles. The van der Waals surface area contributed by atoms with Gasteiger partial charge in [0.25, 0.3) is 5.91 Å². The van der Waals surface area contributed by atoms with E-state index in [2.05, 4.69) is 29.8 Å². The van der Waals surface area contributed by atoms with E-state index in [1.165, 1.54) is 63.9 Å². The van der Waals surface area contributed by atoms with Crippen LogP contribution in [-0.2, 0) is 9.59 Å². The maximum atomic E-state index is 13.1. The van der Waals surface area contributed by atoms with Gasteiger partial charge in [-0.1, -0.05) is 19.8 Å². The third-order valence-corrected chi connectivity index (χ3v) is 8.93. The Bertz CT molecular complexity index is 995. The number of amides is 2. The largest absolute Gasteiger partial charge is 0.385 e. The zero-order valence-corrected chi connectivity index (χ0v) is 25.0. The summed E-state index contributed by atoms with van der Waals surface area (Å²) >= 11 is 0. The average molecular weight is 555 g/mol. The third kappa shape index (κ3) is 9.15. The topological polar surface area (TPSA) is 108 Å². The Labute approximate surface area is 240 Å². The number of carbonyl (C=O) groups excluding carboxylic acids is 4. The van der Waals surface area contributed by atoms with Crippen molar-refractivity contribution in [2.45, 2.75) is 96.1 Å². The van der Waals surface area contributed by atoms with Crippen LogP contribution in [-0.4, -0.2) is 68.1 Å². The van der Waals surface area contributed by atoms with Crippen LogP contribution in [0.1, 0.15) is 105 Å². The fraction of sp³-hybridized carbons (Fsp3) is 0.688. The summed E-state index contributed by atoms with van der Waals surface area (Å²) in [7, 11) is 3.05. The SMILES string of the molecule is CNC(=O)CCC(C=O)N(C)C(=O)c1cc(NCCCCCCNC2(C)CC3CC(C)CC(C3)C2)ccc1C=O. The van der Waals surface area contributed by atoms with Gasteiger partial charge in [-0.2, -0.15) is 0 Å². The van der Waals surface area contributed by atoms with Crippen LogP contribution in [0.15, 0.2) is 18.2 Å². The lowest BCUT2D eigenvalue weighted by Crippen LogP contribution is -2.50. The number of likely N-dealkylation sites (N-methyl/N-ethyl adjacent to an activating group) is 1. The van der Waals surface area contributed by atoms with Gasteiger partial charge < -0.3 is 25.6 Å². The highest BCUT2D eigenvalue weighted by molar-refractivity contribution is 6.03. The molecule has 2 aliphatic rings. The molecule has 8 heteroatoms. The molecule has 1 aromatic carbocycles. The summed E-state index contributed by atoms with van der Waals surface area (Å²) in [5, 5.41) is 9.79. The van der Waals surface area contributed by atoms with E-state index in [1.807, 2.05) is 0 Å². The quantitative estimate of drug-likeness (QED) is 0.200. The smallest absolute Gasteiger partial charge is 0.255 e. The molecule has 2 fully saturated rings. The van der Waals surface area contributed by atoms with Gasteiger partial charge in [-0.3, -0.25) is 14.4 Å². The van der Waals surface area contributed by atoms with E-state index < -0.39 is 11.9 Å². The van der Waals surface area contributed by atoms with Crippen LogP contribution in [0.25, 0.3) is 0 Å². The van der Waals surface area contributed by atoms with Crippen molar-refractivity contribution in [2.24, 2.45) is 17.8 Å². The molecule has 8 nitrogen and oxygen atoms in total. The summed E-state index contributed by atoms with van der Waals surface area (Å²) < 4.78 is 0. The fourth-order valence-corrected chi connectivity index (χ4v) is 7.01. The Morgan fingerprint density at radius 1 is 1.05 bits per heavy atom. The molecule has 0 spiro atoms. The van der Waals surface area contributed by atoms with E-state index in [-0.39, 0.29) is 29.9 Å². The van der Waals surface area contributed by atoms with Gasteiger partial charge in [0, 0.05) is 43.9 Å². The molecule has 3 atom stereocenters. The molecule has 2 saturated carbocycles. The molecule has 2 bridgehead atoms. The van der Waals surface area contributed by atoms with Crippen molar-refractivity contribution in [2.75, 3.05) is 32.5 Å². The van der Waals surface area contributed by atoms with E-state index >= 15 is 0 Å². The summed E-state index contributed by atoms with van der Waals surface area (Å²) in [6.45, 7) is 6.71. The first-order valence-corrected chi connectivity index (χ1v) is 15.2. The number of aldehydes is 2. The molecule has 0 aliphatic heterocycles. The van der Waals surface area contributed by atoms with Crippen LogP contribution >= 0.6 is 0 Å². The highest BCUT2D eigenvalue weighted by Crippen LogP contribution is 2.46. The average Bonchev–Trinajstić information content (AvgIpc) is 2.93. The molecule has 0 saturated heterocycles. The molecule has 222 valence electrons. The van der Waals surface area contributed by atoms with Crippen molar-refractivity contribution in [1.82, 2.24) is 15.5 Å². The predicted octanol–water partition coefficient (Wildman–Crippen LogP) is 4.83. The number of unbranched alkanes of at least 4 members (excludes halogenated alkanes) is 3. The Balaban J connectivity index is 1.39. The second-order valence-corrected chi connectivity index (χ2v) is 12.5. The number of hydrogen-bond donors (Lipinski definition) is 3. The van der Waals surface area contributed by atoms with Crippen LogP contribution in [0.5, 0.6) is 0 Å². The van der Waals surface area contributed by atoms with Crippen molar-refractivity contribution in [3.8, 4) is 0 Å². The fourth-order valence-electron chi connectivity index (χ4n) is 7.01. The van der Waals surface area contributed by atoms with Crippen LogP contribution in [0, 0.1) is 17.8 Å². The summed E-state index contributed by atoms with van der Waals surface area (Å²) in [4.78, 5) is 49.2. The summed E-state index contributed by atoms with van der Waals surface area (Å²) in [5.74, 6) is 2.10. The van der Waals surface area contributed by atoms with E-state index in [9.17, 15) is 19.2 Å². The molecule has 2 aliphatic carbocycles. The monoisotopic (exact) mass is 554 g/mol. The molecule has 40 heavy (non-hydrogen) atoms. The Morgan fingerprint density at radius 3 is 2.35 bits per heavy atom. The van der Waals surface area contributed by atoms with E-state index in [4.69, 9.17) is 0 Å². The molecule has 3 rings (SSSR count). The minimum absolute atomic E-state index is 0.134. The summed E-state index contributed by atoms with van der Waals surface area (Å²) in [6, 6.07) is 4.35. The first-order chi connectivity index (χ1) is 19.2. The first-order valence-electron chi connectivity index (χ1n) is 15.2. The maximum absolute atomic E-state index is 13.1. The highest BCUT2D eigenvalue weighted by Gasteiger charge is 2.40. The number of nitrogens with zero attached hydrogens (tertiary/aromatic N) is 1. The molecule has 1 aromatic rings. The Kier molecular flexibility index (Phi) is 12.2. The molecule has 3 unspecified atom stereocenters. The van der Waals surface area contributed by atoms with Gasteiger partial charge in [-0.25, -0.2) is 0 Å². The van der Waals surface area contributed by atoms with Crippen molar-refractivity contribution < 1.29 is 19.2 Å². The van der Waals surface area contributed by atoms with Crippen LogP contribution in [0.2, 0.25) is 0 Å². The number of benzene rings is 1. The highest BCUT2D eigenvalue weighted by atomic mass is 16.2. The second kappa shape index (κ2) is 15.3. The standard InChI is InChI=1S/C32H50N4O4/c1-23-15-24-17-25(16-23)20-32(2,19-24)35-14-8-6-5-7-13-34-27-10-9-26(21-37)29(18-27)31(40)36(4)28(22-38)11-12-30(39)33-3/h9-10,18,21-25,28,34-35H,5-8,11-17,19-20H2,1-4H3,(H,33,39). The van der Waals surface area contributed by atoms with E-state index in [0.717, 1.165) is 49.4 Å². The molecule has 0 radical (unpaired) electrons. The maximum Gasteiger partial charge on any atom is 0.255 e. The van der Waals surface area contributed by atoms with Crippen LogP contribution in [0.3, 0.4) is 0 Å². The number of hydrogen-bond acceptors (Lipinski definition) is 6. The van der Waals surface area contributed by atoms with Gasteiger partial charge in [0.15, 0.2) is 6.29 Å². The van der Waals surface area contributed by atoms with E-state index in [1.54, 1.807) is 18.2 Å². The summed E-state index contributed by atoms with van der Waals surface area (Å²) in [5.41, 5.74) is 1.59. The van der Waals surface area contributed by atoms with Crippen molar-refractivity contribution in [3.63, 3.8) is 0 Å². The van der Waals surface area contributed by atoms with Gasteiger partial charge in [0.1, 0.15) is 6.29 Å². The number of fused-ring (bicyclic) bond motifs is 2. The Hall–Kier alpha value is -2.74. The minimum atomic E-state index is -0.751. The normalized spacial score (nSPS) is 24.6. The zero-order chi connectivity index (χ0) is 29.1. The molecular weight excluding hydrogens is 504 g/mol. The van der Waals surface area contributed by atoms with Crippen molar-refractivity contribution in [3.05, 3.63) is 29.3 Å². The molecule has 2 amide bonds. The van der Waals surface area contributed by atoms with Gasteiger partial charge in [-0.15, -0.1) is 0 Å². The Morgan fingerprint density at radius 2 is 1.73 bits per heavy atom. The predicted molar refractivity (Wildman–Crippen MR) is 160 cm³/mol. The lowest BCUT2D eigenvalue weighted by molar-refractivity contribution is -0.121. The van der Waals surface area contributed by atoms with Crippen LogP contribution in [0.4, 0.5) is 5.69 Å². The van der Waals surface area contributed by atoms with Crippen molar-refractivity contribution in [1.29, 1.82) is 0 Å². The second-order valence-electron chi connectivity index (χ2n) is 12.5. The van der Waals surface area contributed by atoms with Gasteiger partial charge in [0.05, 0.1) is 11.6 Å². The third-order valence-electron chi connectivity index (χ3n) is 8.93. The molecule has 3 N–H and O–H groups in total. The number of nitrogens with one attached hydrogen (secondary N) is 3. The first kappa shape index (κ1) is 31.8. The van der Waals surface area contributed by atoms with Gasteiger partial charge >= 0.3 is 0 Å². The van der Waals surface area contributed by atoms with E-state index in [0.29, 0.717) is 18.1 Å². The lowest BCUT2D eigenvalue weighted by atomic mass is 9.62. The molecular formula is C32H50N4O4.